The number of carbonyl (C=O) groups is 1. The summed E-state index contributed by atoms with van der Waals surface area (Å²) in [4.78, 5) is 12.6. The quantitative estimate of drug-likeness (QED) is 0.920. The highest BCUT2D eigenvalue weighted by Gasteiger charge is 2.46. The maximum Gasteiger partial charge on any atom is 0.252 e. The maximum atomic E-state index is 12.6. The summed E-state index contributed by atoms with van der Waals surface area (Å²) in [5.41, 5.74) is 2.46. The van der Waals surface area contributed by atoms with Crippen molar-refractivity contribution in [1.82, 2.24) is 5.32 Å². The van der Waals surface area contributed by atoms with Gasteiger partial charge in [-0.15, -0.1) is 0 Å². The maximum absolute atomic E-state index is 12.6. The summed E-state index contributed by atoms with van der Waals surface area (Å²) >= 11 is 0. The lowest BCUT2D eigenvalue weighted by Gasteiger charge is -2.20. The standard InChI is InChI=1S/C19H21NO3/c1-13-6-4-5-7-15(13)18(21)20-19(10-11-19)14-8-9-16(22-2)17(12-14)23-3/h4-9,12H,10-11H2,1-3H3,(H,20,21). The number of nitrogens with one attached hydrogen (secondary N) is 1. The zero-order chi connectivity index (χ0) is 16.4. The van der Waals surface area contributed by atoms with E-state index in [9.17, 15) is 4.79 Å². The molecule has 0 radical (unpaired) electrons. The first-order chi connectivity index (χ1) is 11.1. The minimum Gasteiger partial charge on any atom is -0.493 e. The Morgan fingerprint density at radius 2 is 1.74 bits per heavy atom. The Morgan fingerprint density at radius 3 is 2.35 bits per heavy atom. The number of amides is 1. The largest absolute Gasteiger partial charge is 0.493 e. The third-order valence-electron chi connectivity index (χ3n) is 4.43. The second-order valence-corrected chi connectivity index (χ2v) is 5.92. The average Bonchev–Trinajstić information content (AvgIpc) is 3.35. The van der Waals surface area contributed by atoms with E-state index in [1.54, 1.807) is 14.2 Å². The van der Waals surface area contributed by atoms with Gasteiger partial charge in [0.2, 0.25) is 0 Å². The number of benzene rings is 2. The van der Waals surface area contributed by atoms with Crippen LogP contribution in [0.1, 0.15) is 34.3 Å². The molecule has 1 N–H and O–H groups in total. The van der Waals surface area contributed by atoms with Crippen LogP contribution < -0.4 is 14.8 Å². The molecule has 1 fully saturated rings. The first-order valence-electron chi connectivity index (χ1n) is 7.70. The fourth-order valence-electron chi connectivity index (χ4n) is 2.86. The van der Waals surface area contributed by atoms with Crippen LogP contribution in [0.2, 0.25) is 0 Å². The zero-order valence-electron chi connectivity index (χ0n) is 13.7. The summed E-state index contributed by atoms with van der Waals surface area (Å²) in [6.07, 6.45) is 1.86. The van der Waals surface area contributed by atoms with Crippen molar-refractivity contribution in [2.75, 3.05) is 14.2 Å². The van der Waals surface area contributed by atoms with E-state index in [0.717, 1.165) is 29.5 Å². The van der Waals surface area contributed by atoms with E-state index in [0.29, 0.717) is 11.5 Å². The summed E-state index contributed by atoms with van der Waals surface area (Å²) in [6.45, 7) is 1.95. The second-order valence-electron chi connectivity index (χ2n) is 5.92. The summed E-state index contributed by atoms with van der Waals surface area (Å²) in [7, 11) is 3.23. The van der Waals surface area contributed by atoms with Crippen LogP contribution in [0.4, 0.5) is 0 Å². The molecule has 1 aliphatic rings. The van der Waals surface area contributed by atoms with E-state index in [2.05, 4.69) is 5.32 Å². The Hall–Kier alpha value is -2.49. The first kappa shape index (κ1) is 15.4. The lowest BCUT2D eigenvalue weighted by molar-refractivity contribution is 0.0930. The van der Waals surface area contributed by atoms with Crippen LogP contribution in [-0.2, 0) is 5.54 Å². The molecule has 1 saturated carbocycles. The third kappa shape index (κ3) is 2.89. The van der Waals surface area contributed by atoms with E-state index < -0.39 is 0 Å². The van der Waals surface area contributed by atoms with Gasteiger partial charge in [0.15, 0.2) is 11.5 Å². The molecular formula is C19H21NO3. The summed E-state index contributed by atoms with van der Waals surface area (Å²) < 4.78 is 10.6. The predicted octanol–water partition coefficient (Wildman–Crippen LogP) is 3.43. The van der Waals surface area contributed by atoms with Crippen molar-refractivity contribution in [3.8, 4) is 11.5 Å². The monoisotopic (exact) mass is 311 g/mol. The summed E-state index contributed by atoms with van der Waals surface area (Å²) in [5.74, 6) is 1.34. The molecule has 0 unspecified atom stereocenters. The minimum atomic E-state index is -0.293. The molecule has 120 valence electrons. The topological polar surface area (TPSA) is 47.6 Å². The molecule has 4 heteroatoms. The molecule has 0 atom stereocenters. The number of ether oxygens (including phenoxy) is 2. The number of carbonyl (C=O) groups excluding carboxylic acids is 1. The molecule has 0 aliphatic heterocycles. The van der Waals surface area contributed by atoms with Crippen LogP contribution in [0.25, 0.3) is 0 Å². The van der Waals surface area contributed by atoms with Crippen LogP contribution in [-0.4, -0.2) is 20.1 Å². The average molecular weight is 311 g/mol. The Bertz CT molecular complexity index is 735. The van der Waals surface area contributed by atoms with Crippen LogP contribution in [0, 0.1) is 6.92 Å². The van der Waals surface area contributed by atoms with Crippen molar-refractivity contribution in [2.24, 2.45) is 0 Å². The molecule has 0 saturated heterocycles. The summed E-state index contributed by atoms with van der Waals surface area (Å²) in [5, 5.41) is 3.19. The highest BCUT2D eigenvalue weighted by molar-refractivity contribution is 5.96. The van der Waals surface area contributed by atoms with E-state index in [4.69, 9.17) is 9.47 Å². The molecule has 0 spiro atoms. The summed E-state index contributed by atoms with van der Waals surface area (Å²) in [6, 6.07) is 13.5. The third-order valence-corrected chi connectivity index (χ3v) is 4.43. The van der Waals surface area contributed by atoms with Crippen molar-refractivity contribution >= 4 is 5.91 Å². The SMILES string of the molecule is COc1ccc(C2(NC(=O)c3ccccc3C)CC2)cc1OC. The van der Waals surface area contributed by atoms with E-state index in [1.165, 1.54) is 0 Å². The molecule has 23 heavy (non-hydrogen) atoms. The minimum absolute atomic E-state index is 0.0321. The van der Waals surface area contributed by atoms with E-state index in [1.807, 2.05) is 49.4 Å². The fourth-order valence-corrected chi connectivity index (χ4v) is 2.86. The molecule has 1 amide bonds. The normalized spacial score (nSPS) is 14.9. The van der Waals surface area contributed by atoms with E-state index >= 15 is 0 Å². The van der Waals surface area contributed by atoms with Crippen molar-refractivity contribution in [1.29, 1.82) is 0 Å². The number of rotatable bonds is 5. The van der Waals surface area contributed by atoms with Gasteiger partial charge in [-0.25, -0.2) is 0 Å². The number of aryl methyl sites for hydroxylation is 1. The second kappa shape index (κ2) is 5.95. The first-order valence-corrected chi connectivity index (χ1v) is 7.70. The fraction of sp³-hybridized carbons (Fsp3) is 0.316. The molecule has 4 nitrogen and oxygen atoms in total. The zero-order valence-corrected chi connectivity index (χ0v) is 13.7. The van der Waals surface area contributed by atoms with Crippen LogP contribution in [0.15, 0.2) is 42.5 Å². The molecular weight excluding hydrogens is 290 g/mol. The molecule has 2 aromatic carbocycles. The van der Waals surface area contributed by atoms with Crippen molar-refractivity contribution in [2.45, 2.75) is 25.3 Å². The Kier molecular flexibility index (Phi) is 3.99. The number of hydrogen-bond acceptors (Lipinski definition) is 3. The van der Waals surface area contributed by atoms with Gasteiger partial charge >= 0.3 is 0 Å². The highest BCUT2D eigenvalue weighted by Crippen LogP contribution is 2.47. The van der Waals surface area contributed by atoms with Crippen LogP contribution in [0.5, 0.6) is 11.5 Å². The van der Waals surface area contributed by atoms with Crippen LogP contribution >= 0.6 is 0 Å². The van der Waals surface area contributed by atoms with Gasteiger partial charge in [0.05, 0.1) is 19.8 Å². The Balaban J connectivity index is 1.86. The number of hydrogen-bond donors (Lipinski definition) is 1. The lowest BCUT2D eigenvalue weighted by atomic mass is 10.0. The van der Waals surface area contributed by atoms with Gasteiger partial charge < -0.3 is 14.8 Å². The van der Waals surface area contributed by atoms with Crippen molar-refractivity contribution in [3.05, 3.63) is 59.2 Å². The van der Waals surface area contributed by atoms with Crippen LogP contribution in [0.3, 0.4) is 0 Å². The Labute approximate surface area is 136 Å². The van der Waals surface area contributed by atoms with Gasteiger partial charge in [-0.3, -0.25) is 4.79 Å². The highest BCUT2D eigenvalue weighted by atomic mass is 16.5. The van der Waals surface area contributed by atoms with Crippen molar-refractivity contribution < 1.29 is 14.3 Å². The van der Waals surface area contributed by atoms with Gasteiger partial charge in [-0.2, -0.15) is 0 Å². The smallest absolute Gasteiger partial charge is 0.252 e. The van der Waals surface area contributed by atoms with Gasteiger partial charge in [-0.05, 0) is 49.1 Å². The molecule has 1 aliphatic carbocycles. The van der Waals surface area contributed by atoms with Gasteiger partial charge in [0.25, 0.3) is 5.91 Å². The predicted molar refractivity (Wildman–Crippen MR) is 89.1 cm³/mol. The van der Waals surface area contributed by atoms with Gasteiger partial charge in [-0.1, -0.05) is 24.3 Å². The lowest BCUT2D eigenvalue weighted by Crippen LogP contribution is -2.35. The van der Waals surface area contributed by atoms with Gasteiger partial charge in [0, 0.05) is 5.56 Å². The number of methoxy groups -OCH3 is 2. The van der Waals surface area contributed by atoms with Gasteiger partial charge in [0.1, 0.15) is 0 Å². The molecule has 3 rings (SSSR count). The molecule has 0 bridgehead atoms. The van der Waals surface area contributed by atoms with Crippen molar-refractivity contribution in [3.63, 3.8) is 0 Å². The molecule has 0 aromatic heterocycles. The van der Waals surface area contributed by atoms with E-state index in [-0.39, 0.29) is 11.4 Å². The molecule has 2 aromatic rings. The Morgan fingerprint density at radius 1 is 1.04 bits per heavy atom. The molecule has 0 heterocycles.